The van der Waals surface area contributed by atoms with Gasteiger partial charge in [-0.2, -0.15) is 0 Å². The van der Waals surface area contributed by atoms with E-state index in [1.54, 1.807) is 0 Å². The summed E-state index contributed by atoms with van der Waals surface area (Å²) in [7, 11) is 2.07. The number of aldehydes is 1. The Kier molecular flexibility index (Phi) is 3.82. The molecule has 1 heterocycles. The number of rotatable bonds is 6. The molecule has 0 aliphatic heterocycles. The van der Waals surface area contributed by atoms with Gasteiger partial charge in [0, 0.05) is 19.0 Å². The van der Waals surface area contributed by atoms with E-state index in [4.69, 9.17) is 0 Å². The standard InChI is InChI=1S/C13H20N2OS/c1-4-5-9(2)15(3)13-14-12(10-6-7-10)11(8-16)17-13/h8-10H,4-7H2,1-3H3. The normalized spacial score (nSPS) is 16.9. The van der Waals surface area contributed by atoms with Crippen molar-refractivity contribution in [2.45, 2.75) is 51.5 Å². The molecule has 0 bridgehead atoms. The fourth-order valence-electron chi connectivity index (χ4n) is 2.02. The Morgan fingerprint density at radius 2 is 2.29 bits per heavy atom. The van der Waals surface area contributed by atoms with Crippen LogP contribution in [0.1, 0.15) is 60.8 Å². The molecule has 94 valence electrons. The second-order valence-electron chi connectivity index (χ2n) is 4.89. The fourth-order valence-corrected chi connectivity index (χ4v) is 3.05. The Labute approximate surface area is 107 Å². The molecule has 0 spiro atoms. The average Bonchev–Trinajstić information content (AvgIpc) is 3.08. The van der Waals surface area contributed by atoms with Gasteiger partial charge in [0.15, 0.2) is 11.4 Å². The third-order valence-electron chi connectivity index (χ3n) is 3.41. The van der Waals surface area contributed by atoms with Gasteiger partial charge in [-0.05, 0) is 26.2 Å². The van der Waals surface area contributed by atoms with Crippen molar-refractivity contribution < 1.29 is 4.79 Å². The Balaban J connectivity index is 2.17. The zero-order chi connectivity index (χ0) is 12.4. The molecule has 1 fully saturated rings. The summed E-state index contributed by atoms with van der Waals surface area (Å²) in [5, 5.41) is 0.995. The van der Waals surface area contributed by atoms with Gasteiger partial charge in [-0.15, -0.1) is 0 Å². The molecule has 1 aromatic rings. The summed E-state index contributed by atoms with van der Waals surface area (Å²) < 4.78 is 0. The fraction of sp³-hybridized carbons (Fsp3) is 0.692. The van der Waals surface area contributed by atoms with Gasteiger partial charge >= 0.3 is 0 Å². The van der Waals surface area contributed by atoms with Crippen LogP contribution in [0.2, 0.25) is 0 Å². The van der Waals surface area contributed by atoms with Crippen LogP contribution in [0.15, 0.2) is 0 Å². The van der Waals surface area contributed by atoms with Gasteiger partial charge in [0.1, 0.15) is 0 Å². The van der Waals surface area contributed by atoms with E-state index in [9.17, 15) is 4.79 Å². The predicted octanol–water partition coefficient (Wildman–Crippen LogP) is 3.46. The molecule has 2 rings (SSSR count). The van der Waals surface area contributed by atoms with Crippen LogP contribution in [-0.4, -0.2) is 24.4 Å². The molecule has 0 N–H and O–H groups in total. The molecule has 4 heteroatoms. The van der Waals surface area contributed by atoms with Gasteiger partial charge in [0.25, 0.3) is 0 Å². The molecule has 0 aromatic carbocycles. The maximum atomic E-state index is 11.0. The third kappa shape index (κ3) is 2.68. The van der Waals surface area contributed by atoms with Gasteiger partial charge in [-0.1, -0.05) is 24.7 Å². The molecule has 1 aromatic heterocycles. The molecule has 0 saturated heterocycles. The molecule has 3 nitrogen and oxygen atoms in total. The third-order valence-corrected chi connectivity index (χ3v) is 4.50. The number of thiazole rings is 1. The van der Waals surface area contributed by atoms with Crippen LogP contribution in [-0.2, 0) is 0 Å². The summed E-state index contributed by atoms with van der Waals surface area (Å²) in [5.41, 5.74) is 1.04. The first-order valence-electron chi connectivity index (χ1n) is 6.36. The Bertz CT molecular complexity index is 398. The van der Waals surface area contributed by atoms with Crippen LogP contribution in [0.25, 0.3) is 0 Å². The minimum atomic E-state index is 0.484. The SMILES string of the molecule is CCCC(C)N(C)c1nc(C2CC2)c(C=O)s1. The monoisotopic (exact) mass is 252 g/mol. The van der Waals surface area contributed by atoms with Crippen molar-refractivity contribution in [1.82, 2.24) is 4.98 Å². The molecule has 1 atom stereocenters. The number of carbonyl (C=O) groups is 1. The number of aromatic nitrogens is 1. The van der Waals surface area contributed by atoms with Crippen molar-refractivity contribution in [2.24, 2.45) is 0 Å². The zero-order valence-electron chi connectivity index (χ0n) is 10.8. The lowest BCUT2D eigenvalue weighted by molar-refractivity contribution is 0.112. The quantitative estimate of drug-likeness (QED) is 0.727. The van der Waals surface area contributed by atoms with Crippen LogP contribution in [0.3, 0.4) is 0 Å². The van der Waals surface area contributed by atoms with Crippen LogP contribution in [0.4, 0.5) is 5.13 Å². The maximum absolute atomic E-state index is 11.0. The van der Waals surface area contributed by atoms with Gasteiger partial charge in [0.2, 0.25) is 0 Å². The molecular weight excluding hydrogens is 232 g/mol. The molecule has 17 heavy (non-hydrogen) atoms. The van der Waals surface area contributed by atoms with Crippen molar-refractivity contribution in [3.63, 3.8) is 0 Å². The highest BCUT2D eigenvalue weighted by molar-refractivity contribution is 7.17. The van der Waals surface area contributed by atoms with Crippen molar-refractivity contribution in [2.75, 3.05) is 11.9 Å². The number of carbonyl (C=O) groups excluding carboxylic acids is 1. The summed E-state index contributed by atoms with van der Waals surface area (Å²) in [4.78, 5) is 18.7. The minimum absolute atomic E-state index is 0.484. The Hall–Kier alpha value is -0.900. The van der Waals surface area contributed by atoms with E-state index in [2.05, 4.69) is 30.8 Å². The first-order chi connectivity index (χ1) is 8.17. The number of nitrogens with zero attached hydrogens (tertiary/aromatic N) is 2. The average molecular weight is 252 g/mol. The van der Waals surface area contributed by atoms with E-state index in [-0.39, 0.29) is 0 Å². The number of hydrogen-bond donors (Lipinski definition) is 0. The van der Waals surface area contributed by atoms with Crippen LogP contribution in [0, 0.1) is 0 Å². The highest BCUT2D eigenvalue weighted by Gasteiger charge is 2.30. The molecule has 1 aliphatic carbocycles. The summed E-state index contributed by atoms with van der Waals surface area (Å²) in [6, 6.07) is 0.484. The number of anilines is 1. The first kappa shape index (κ1) is 12.6. The predicted molar refractivity (Wildman–Crippen MR) is 72.2 cm³/mol. The van der Waals surface area contributed by atoms with Crippen molar-refractivity contribution >= 4 is 22.8 Å². The molecular formula is C13H20N2OS. The largest absolute Gasteiger partial charge is 0.348 e. The van der Waals surface area contributed by atoms with E-state index in [1.165, 1.54) is 30.6 Å². The molecule has 1 unspecified atom stereocenters. The minimum Gasteiger partial charge on any atom is -0.348 e. The van der Waals surface area contributed by atoms with Crippen LogP contribution in [0.5, 0.6) is 0 Å². The van der Waals surface area contributed by atoms with Crippen molar-refractivity contribution in [3.05, 3.63) is 10.6 Å². The lowest BCUT2D eigenvalue weighted by atomic mass is 10.2. The molecule has 1 aliphatic rings. The summed E-state index contributed by atoms with van der Waals surface area (Å²) in [5.74, 6) is 0.551. The van der Waals surface area contributed by atoms with Crippen LogP contribution >= 0.6 is 11.3 Å². The number of hydrogen-bond acceptors (Lipinski definition) is 4. The van der Waals surface area contributed by atoms with E-state index in [0.29, 0.717) is 12.0 Å². The second kappa shape index (κ2) is 5.17. The first-order valence-corrected chi connectivity index (χ1v) is 7.17. The van der Waals surface area contributed by atoms with Crippen molar-refractivity contribution in [1.29, 1.82) is 0 Å². The summed E-state index contributed by atoms with van der Waals surface area (Å²) >= 11 is 1.54. The highest BCUT2D eigenvalue weighted by atomic mass is 32.1. The van der Waals surface area contributed by atoms with Crippen molar-refractivity contribution in [3.8, 4) is 0 Å². The van der Waals surface area contributed by atoms with Gasteiger partial charge in [-0.25, -0.2) is 4.98 Å². The second-order valence-corrected chi connectivity index (χ2v) is 5.90. The van der Waals surface area contributed by atoms with Gasteiger partial charge in [0.05, 0.1) is 10.6 Å². The van der Waals surface area contributed by atoms with E-state index < -0.39 is 0 Å². The van der Waals surface area contributed by atoms with Gasteiger partial charge < -0.3 is 4.90 Å². The van der Waals surface area contributed by atoms with E-state index in [0.717, 1.165) is 28.4 Å². The Morgan fingerprint density at radius 1 is 1.59 bits per heavy atom. The molecule has 0 radical (unpaired) electrons. The summed E-state index contributed by atoms with van der Waals surface area (Å²) in [6.45, 7) is 4.40. The lowest BCUT2D eigenvalue weighted by Gasteiger charge is -2.23. The van der Waals surface area contributed by atoms with E-state index in [1.807, 2.05) is 0 Å². The maximum Gasteiger partial charge on any atom is 0.186 e. The lowest BCUT2D eigenvalue weighted by Crippen LogP contribution is -2.28. The van der Waals surface area contributed by atoms with Gasteiger partial charge in [-0.3, -0.25) is 4.79 Å². The smallest absolute Gasteiger partial charge is 0.186 e. The van der Waals surface area contributed by atoms with Crippen LogP contribution < -0.4 is 4.90 Å². The highest BCUT2D eigenvalue weighted by Crippen LogP contribution is 2.43. The summed E-state index contributed by atoms with van der Waals surface area (Å²) in [6.07, 6.45) is 5.68. The molecule has 1 saturated carbocycles. The van der Waals surface area contributed by atoms with E-state index >= 15 is 0 Å². The molecule has 0 amide bonds. The Morgan fingerprint density at radius 3 is 2.82 bits per heavy atom. The zero-order valence-corrected chi connectivity index (χ0v) is 11.6. The topological polar surface area (TPSA) is 33.2 Å².